The Labute approximate surface area is 83.9 Å². The van der Waals surface area contributed by atoms with E-state index >= 15 is 0 Å². The molecule has 0 bridgehead atoms. The monoisotopic (exact) mass is 190 g/mol. The first-order valence-corrected chi connectivity index (χ1v) is 4.57. The van der Waals surface area contributed by atoms with E-state index in [1.54, 1.807) is 13.0 Å². The maximum Gasteiger partial charge on any atom is 0.307 e. The molecular weight excluding hydrogens is 176 g/mol. The van der Waals surface area contributed by atoms with E-state index in [4.69, 9.17) is 5.11 Å². The fourth-order valence-corrected chi connectivity index (χ4v) is 1.46. The highest BCUT2D eigenvalue weighted by atomic mass is 16.4. The van der Waals surface area contributed by atoms with Crippen LogP contribution in [0.3, 0.4) is 0 Å². The van der Waals surface area contributed by atoms with Crippen LogP contribution in [-0.2, 0) is 4.79 Å². The lowest BCUT2D eigenvalue weighted by Gasteiger charge is -2.16. The molecule has 0 spiro atoms. The van der Waals surface area contributed by atoms with Crippen molar-refractivity contribution < 1.29 is 9.90 Å². The molecule has 1 aromatic carbocycles. The number of rotatable bonds is 4. The Hall–Kier alpha value is -1.57. The summed E-state index contributed by atoms with van der Waals surface area (Å²) < 4.78 is 0. The topological polar surface area (TPSA) is 37.3 Å². The Kier molecular flexibility index (Phi) is 3.46. The molecule has 0 radical (unpaired) electrons. The number of carboxylic acids is 1. The quantitative estimate of drug-likeness (QED) is 0.741. The van der Waals surface area contributed by atoms with Gasteiger partial charge in [0.1, 0.15) is 0 Å². The third kappa shape index (κ3) is 2.22. The average molecular weight is 190 g/mol. The minimum absolute atomic E-state index is 0.117. The zero-order valence-corrected chi connectivity index (χ0v) is 8.18. The van der Waals surface area contributed by atoms with Gasteiger partial charge in [0.15, 0.2) is 0 Å². The van der Waals surface area contributed by atoms with Crippen molar-refractivity contribution in [3.8, 4) is 0 Å². The predicted octanol–water partition coefficient (Wildman–Crippen LogP) is 2.68. The summed E-state index contributed by atoms with van der Waals surface area (Å²) >= 11 is 0. The van der Waals surface area contributed by atoms with Gasteiger partial charge in [-0.2, -0.15) is 0 Å². The highest BCUT2D eigenvalue weighted by Gasteiger charge is 2.21. The van der Waals surface area contributed by atoms with Crippen LogP contribution in [0.25, 0.3) is 0 Å². The highest BCUT2D eigenvalue weighted by molar-refractivity contribution is 5.71. The van der Waals surface area contributed by atoms with Gasteiger partial charge in [-0.25, -0.2) is 0 Å². The van der Waals surface area contributed by atoms with Crippen LogP contribution in [0, 0.1) is 5.92 Å². The molecule has 0 fully saturated rings. The first kappa shape index (κ1) is 10.5. The van der Waals surface area contributed by atoms with E-state index in [2.05, 4.69) is 6.58 Å². The van der Waals surface area contributed by atoms with E-state index in [9.17, 15) is 4.79 Å². The summed E-state index contributed by atoms with van der Waals surface area (Å²) in [4.78, 5) is 10.8. The summed E-state index contributed by atoms with van der Waals surface area (Å²) in [6.45, 7) is 5.37. The van der Waals surface area contributed by atoms with Crippen molar-refractivity contribution in [2.24, 2.45) is 5.92 Å². The van der Waals surface area contributed by atoms with Gasteiger partial charge < -0.3 is 5.11 Å². The standard InChI is InChI=1S/C12H14O2/c1-3-11(9(2)12(13)14)10-7-5-4-6-8-10/h3-9,11H,1H2,2H3,(H,13,14)/t9-,11?/m0/s1. The minimum atomic E-state index is -0.793. The number of hydrogen-bond acceptors (Lipinski definition) is 1. The van der Waals surface area contributed by atoms with Crippen LogP contribution >= 0.6 is 0 Å². The molecule has 0 saturated carbocycles. The van der Waals surface area contributed by atoms with Crippen molar-refractivity contribution in [3.05, 3.63) is 48.6 Å². The lowest BCUT2D eigenvalue weighted by molar-refractivity contribution is -0.141. The summed E-state index contributed by atoms with van der Waals surface area (Å²) in [7, 11) is 0. The largest absolute Gasteiger partial charge is 0.481 e. The molecule has 0 aromatic heterocycles. The molecular formula is C12H14O2. The molecule has 2 heteroatoms. The van der Waals surface area contributed by atoms with Crippen molar-refractivity contribution >= 4 is 5.97 Å². The molecule has 0 saturated heterocycles. The van der Waals surface area contributed by atoms with E-state index in [1.807, 2.05) is 30.3 Å². The van der Waals surface area contributed by atoms with E-state index in [1.165, 1.54) is 0 Å². The summed E-state index contributed by atoms with van der Waals surface area (Å²) in [6.07, 6.45) is 1.69. The normalized spacial score (nSPS) is 14.4. The van der Waals surface area contributed by atoms with E-state index < -0.39 is 11.9 Å². The lowest BCUT2D eigenvalue weighted by atomic mass is 9.87. The summed E-state index contributed by atoms with van der Waals surface area (Å²) in [5.74, 6) is -1.35. The van der Waals surface area contributed by atoms with Crippen LogP contribution in [0.5, 0.6) is 0 Å². The molecule has 0 aliphatic carbocycles. The van der Waals surface area contributed by atoms with Crippen LogP contribution in [0.4, 0.5) is 0 Å². The maximum absolute atomic E-state index is 10.8. The highest BCUT2D eigenvalue weighted by Crippen LogP contribution is 2.25. The molecule has 0 aliphatic rings. The van der Waals surface area contributed by atoms with E-state index in [0.717, 1.165) is 5.56 Å². The van der Waals surface area contributed by atoms with Gasteiger partial charge in [-0.3, -0.25) is 4.79 Å². The molecule has 1 rings (SSSR count). The molecule has 1 aromatic rings. The average Bonchev–Trinajstić information content (AvgIpc) is 2.20. The van der Waals surface area contributed by atoms with Crippen molar-refractivity contribution in [2.45, 2.75) is 12.8 Å². The number of carboxylic acid groups (broad SMARTS) is 1. The molecule has 0 heterocycles. The summed E-state index contributed by atoms with van der Waals surface area (Å²) in [6, 6.07) is 9.56. The second kappa shape index (κ2) is 4.61. The molecule has 2 atom stereocenters. The van der Waals surface area contributed by atoms with E-state index in [0.29, 0.717) is 0 Å². The fourth-order valence-electron chi connectivity index (χ4n) is 1.46. The third-order valence-corrected chi connectivity index (χ3v) is 2.37. The van der Waals surface area contributed by atoms with Gasteiger partial charge in [0.05, 0.1) is 5.92 Å². The zero-order valence-electron chi connectivity index (χ0n) is 8.18. The van der Waals surface area contributed by atoms with Crippen molar-refractivity contribution in [3.63, 3.8) is 0 Å². The maximum atomic E-state index is 10.8. The third-order valence-electron chi connectivity index (χ3n) is 2.37. The molecule has 1 unspecified atom stereocenters. The molecule has 1 N–H and O–H groups in total. The molecule has 0 amide bonds. The first-order chi connectivity index (χ1) is 6.66. The van der Waals surface area contributed by atoms with Gasteiger partial charge in [-0.1, -0.05) is 43.3 Å². The van der Waals surface area contributed by atoms with Crippen LogP contribution in [0.1, 0.15) is 18.4 Å². The molecule has 74 valence electrons. The van der Waals surface area contributed by atoms with Crippen molar-refractivity contribution in [1.82, 2.24) is 0 Å². The predicted molar refractivity (Wildman–Crippen MR) is 56.2 cm³/mol. The number of carbonyl (C=O) groups is 1. The smallest absolute Gasteiger partial charge is 0.307 e. The number of hydrogen-bond donors (Lipinski definition) is 1. The summed E-state index contributed by atoms with van der Waals surface area (Å²) in [5.41, 5.74) is 0.998. The number of allylic oxidation sites excluding steroid dienone is 1. The van der Waals surface area contributed by atoms with Crippen molar-refractivity contribution in [1.29, 1.82) is 0 Å². The number of aliphatic carboxylic acids is 1. The summed E-state index contributed by atoms with van der Waals surface area (Å²) in [5, 5.41) is 8.90. The molecule has 0 aliphatic heterocycles. The lowest BCUT2D eigenvalue weighted by Crippen LogP contribution is -2.17. The van der Waals surface area contributed by atoms with E-state index in [-0.39, 0.29) is 5.92 Å². The Bertz CT molecular complexity index is 316. The Morgan fingerprint density at radius 1 is 1.43 bits per heavy atom. The Morgan fingerprint density at radius 2 is 2.00 bits per heavy atom. The first-order valence-electron chi connectivity index (χ1n) is 4.57. The van der Waals surface area contributed by atoms with Gasteiger partial charge >= 0.3 is 5.97 Å². The van der Waals surface area contributed by atoms with Crippen LogP contribution in [0.15, 0.2) is 43.0 Å². The van der Waals surface area contributed by atoms with Gasteiger partial charge in [-0.15, -0.1) is 6.58 Å². The van der Waals surface area contributed by atoms with Gasteiger partial charge in [0.25, 0.3) is 0 Å². The van der Waals surface area contributed by atoms with Gasteiger partial charge in [0.2, 0.25) is 0 Å². The van der Waals surface area contributed by atoms with Crippen molar-refractivity contribution in [2.75, 3.05) is 0 Å². The second-order valence-electron chi connectivity index (χ2n) is 3.30. The second-order valence-corrected chi connectivity index (χ2v) is 3.30. The van der Waals surface area contributed by atoms with Crippen LogP contribution in [-0.4, -0.2) is 11.1 Å². The Balaban J connectivity index is 2.93. The molecule has 2 nitrogen and oxygen atoms in total. The van der Waals surface area contributed by atoms with Gasteiger partial charge in [0, 0.05) is 5.92 Å². The minimum Gasteiger partial charge on any atom is -0.481 e. The fraction of sp³-hybridized carbons (Fsp3) is 0.250. The molecule has 14 heavy (non-hydrogen) atoms. The zero-order chi connectivity index (χ0) is 10.6. The van der Waals surface area contributed by atoms with Crippen LogP contribution < -0.4 is 0 Å². The SMILES string of the molecule is C=CC(c1ccccc1)[C@H](C)C(=O)O. The van der Waals surface area contributed by atoms with Gasteiger partial charge in [-0.05, 0) is 5.56 Å². The number of benzene rings is 1. The van der Waals surface area contributed by atoms with Crippen LogP contribution in [0.2, 0.25) is 0 Å². The Morgan fingerprint density at radius 3 is 2.43 bits per heavy atom.